The Morgan fingerprint density at radius 3 is 2.39 bits per heavy atom. The quantitative estimate of drug-likeness (QED) is 0.369. The first-order chi connectivity index (χ1) is 12.8. The molecule has 0 aromatic heterocycles. The van der Waals surface area contributed by atoms with Crippen molar-refractivity contribution >= 4 is 36.0 Å². The Balaban J connectivity index is 0.00000392. The zero-order valence-corrected chi connectivity index (χ0v) is 20.0. The molecule has 2 N–H and O–H groups in total. The molecule has 1 aromatic carbocycles. The van der Waals surface area contributed by atoms with Gasteiger partial charge < -0.3 is 20.3 Å². The summed E-state index contributed by atoms with van der Waals surface area (Å²) < 4.78 is 5.46. The van der Waals surface area contributed by atoms with E-state index in [2.05, 4.69) is 34.7 Å². The number of hydrogen-bond acceptors (Lipinski definition) is 3. The Hall–Kier alpha value is -1.51. The van der Waals surface area contributed by atoms with Gasteiger partial charge >= 0.3 is 6.09 Å². The minimum Gasteiger partial charge on any atom is -0.444 e. The normalized spacial score (nSPS) is 16.8. The van der Waals surface area contributed by atoms with Gasteiger partial charge in [0, 0.05) is 26.7 Å². The van der Waals surface area contributed by atoms with Gasteiger partial charge in [-0.2, -0.15) is 0 Å². The molecule has 1 heterocycles. The minimum absolute atomic E-state index is 0. The van der Waals surface area contributed by atoms with Crippen LogP contribution in [0.4, 0.5) is 4.79 Å². The second-order valence-electron chi connectivity index (χ2n) is 8.14. The van der Waals surface area contributed by atoms with Crippen LogP contribution in [0, 0.1) is 5.92 Å². The third-order valence-electron chi connectivity index (χ3n) is 4.70. The number of hydrogen-bond donors (Lipinski definition) is 2. The molecule has 1 amide bonds. The molecule has 1 aliphatic heterocycles. The highest BCUT2D eigenvalue weighted by Gasteiger charge is 2.26. The Kier molecular flexibility index (Phi) is 10.1. The molecule has 0 aliphatic carbocycles. The zero-order chi connectivity index (χ0) is 19.9. The number of amides is 1. The highest BCUT2D eigenvalue weighted by atomic mass is 127. The van der Waals surface area contributed by atoms with Crippen molar-refractivity contribution in [2.45, 2.75) is 52.2 Å². The van der Waals surface area contributed by atoms with Crippen molar-refractivity contribution in [3.8, 4) is 0 Å². The number of rotatable bonds is 4. The van der Waals surface area contributed by atoms with E-state index in [1.54, 1.807) is 7.05 Å². The van der Waals surface area contributed by atoms with Crippen LogP contribution < -0.4 is 10.6 Å². The van der Waals surface area contributed by atoms with E-state index in [4.69, 9.17) is 4.74 Å². The summed E-state index contributed by atoms with van der Waals surface area (Å²) in [5.74, 6) is 1.33. The van der Waals surface area contributed by atoms with E-state index in [1.807, 2.05) is 43.9 Å². The maximum atomic E-state index is 12.1. The van der Waals surface area contributed by atoms with E-state index in [9.17, 15) is 4.79 Å². The van der Waals surface area contributed by atoms with Gasteiger partial charge in [0.25, 0.3) is 0 Å². The van der Waals surface area contributed by atoms with Gasteiger partial charge in [0.15, 0.2) is 5.96 Å². The summed E-state index contributed by atoms with van der Waals surface area (Å²) in [4.78, 5) is 18.3. The number of nitrogens with one attached hydrogen (secondary N) is 2. The van der Waals surface area contributed by atoms with Crippen molar-refractivity contribution in [1.29, 1.82) is 0 Å². The van der Waals surface area contributed by atoms with Crippen molar-refractivity contribution in [3.63, 3.8) is 0 Å². The monoisotopic (exact) mass is 502 g/mol. The predicted molar refractivity (Wildman–Crippen MR) is 125 cm³/mol. The molecule has 7 heteroatoms. The van der Waals surface area contributed by atoms with E-state index in [0.29, 0.717) is 5.92 Å². The number of benzene rings is 1. The molecule has 1 saturated heterocycles. The van der Waals surface area contributed by atoms with Crippen molar-refractivity contribution in [3.05, 3.63) is 35.9 Å². The highest BCUT2D eigenvalue weighted by molar-refractivity contribution is 14.0. The maximum absolute atomic E-state index is 12.1. The van der Waals surface area contributed by atoms with Crippen LogP contribution in [0.2, 0.25) is 0 Å². The number of halogens is 1. The molecule has 1 aliphatic rings. The average molecular weight is 502 g/mol. The van der Waals surface area contributed by atoms with Crippen molar-refractivity contribution in [2.24, 2.45) is 10.9 Å². The first-order valence-electron chi connectivity index (χ1n) is 9.78. The molecule has 1 aromatic rings. The molecular formula is C21H35IN4O2. The van der Waals surface area contributed by atoms with Crippen LogP contribution in [0.25, 0.3) is 0 Å². The molecule has 0 spiro atoms. The van der Waals surface area contributed by atoms with Crippen LogP contribution in [0.3, 0.4) is 0 Å². The Labute approximate surface area is 186 Å². The van der Waals surface area contributed by atoms with E-state index in [-0.39, 0.29) is 36.1 Å². The molecule has 0 radical (unpaired) electrons. The zero-order valence-electron chi connectivity index (χ0n) is 17.7. The lowest BCUT2D eigenvalue weighted by Gasteiger charge is -2.33. The summed E-state index contributed by atoms with van der Waals surface area (Å²) in [6, 6.07) is 10.5. The number of piperidine rings is 1. The first-order valence-corrected chi connectivity index (χ1v) is 9.78. The standard InChI is InChI=1S/C21H34N4O2.HI/c1-16(18-9-7-6-8-10-18)24-19(22-5)23-15-17-11-13-25(14-12-17)20(26)27-21(2,3)4;/h6-10,16-17H,11-15H2,1-5H3,(H2,22,23,24);1H. The van der Waals surface area contributed by atoms with Gasteiger partial charge in [-0.15, -0.1) is 24.0 Å². The van der Waals surface area contributed by atoms with Gasteiger partial charge in [0.05, 0.1) is 6.04 Å². The number of nitrogens with zero attached hydrogens (tertiary/aromatic N) is 2. The third-order valence-corrected chi connectivity index (χ3v) is 4.70. The summed E-state index contributed by atoms with van der Waals surface area (Å²) in [5, 5.41) is 6.86. The van der Waals surface area contributed by atoms with Gasteiger partial charge in [-0.25, -0.2) is 4.79 Å². The maximum Gasteiger partial charge on any atom is 0.410 e. The molecule has 28 heavy (non-hydrogen) atoms. The molecular weight excluding hydrogens is 467 g/mol. The van der Waals surface area contributed by atoms with Gasteiger partial charge in [-0.1, -0.05) is 30.3 Å². The number of ether oxygens (including phenoxy) is 1. The molecule has 158 valence electrons. The van der Waals surface area contributed by atoms with Crippen LogP contribution in [0.1, 0.15) is 52.1 Å². The van der Waals surface area contributed by atoms with E-state index < -0.39 is 5.60 Å². The minimum atomic E-state index is -0.441. The molecule has 1 atom stereocenters. The van der Waals surface area contributed by atoms with Gasteiger partial charge in [-0.3, -0.25) is 4.99 Å². The predicted octanol–water partition coefficient (Wildman–Crippen LogP) is 4.18. The molecule has 6 nitrogen and oxygen atoms in total. The van der Waals surface area contributed by atoms with Gasteiger partial charge in [0.1, 0.15) is 5.60 Å². The van der Waals surface area contributed by atoms with Crippen molar-refractivity contribution < 1.29 is 9.53 Å². The molecule has 2 rings (SSSR count). The lowest BCUT2D eigenvalue weighted by atomic mass is 9.97. The van der Waals surface area contributed by atoms with Gasteiger partial charge in [-0.05, 0) is 52.0 Å². The van der Waals surface area contributed by atoms with Crippen LogP contribution >= 0.6 is 24.0 Å². The number of carbonyl (C=O) groups excluding carboxylic acids is 1. The largest absolute Gasteiger partial charge is 0.444 e. The topological polar surface area (TPSA) is 66.0 Å². The van der Waals surface area contributed by atoms with Crippen molar-refractivity contribution in [2.75, 3.05) is 26.7 Å². The lowest BCUT2D eigenvalue weighted by Crippen LogP contribution is -2.45. The number of likely N-dealkylation sites (tertiary alicyclic amines) is 1. The first kappa shape index (κ1) is 24.5. The summed E-state index contributed by atoms with van der Waals surface area (Å²) >= 11 is 0. The summed E-state index contributed by atoms with van der Waals surface area (Å²) in [6.45, 7) is 10.2. The second-order valence-corrected chi connectivity index (χ2v) is 8.14. The van der Waals surface area contributed by atoms with Crippen LogP contribution in [-0.2, 0) is 4.74 Å². The van der Waals surface area contributed by atoms with E-state index in [0.717, 1.165) is 38.4 Å². The molecule has 0 saturated carbocycles. The Morgan fingerprint density at radius 1 is 1.25 bits per heavy atom. The van der Waals surface area contributed by atoms with E-state index in [1.165, 1.54) is 5.56 Å². The number of aliphatic imine (C=N–C) groups is 1. The average Bonchev–Trinajstić information content (AvgIpc) is 2.64. The highest BCUT2D eigenvalue weighted by Crippen LogP contribution is 2.19. The van der Waals surface area contributed by atoms with E-state index >= 15 is 0 Å². The summed E-state index contributed by atoms with van der Waals surface area (Å²) in [6.07, 6.45) is 1.73. The molecule has 0 bridgehead atoms. The second kappa shape index (κ2) is 11.5. The smallest absolute Gasteiger partial charge is 0.410 e. The fourth-order valence-corrected chi connectivity index (χ4v) is 3.11. The fraction of sp³-hybridized carbons (Fsp3) is 0.619. The fourth-order valence-electron chi connectivity index (χ4n) is 3.11. The van der Waals surface area contributed by atoms with Crippen LogP contribution in [-0.4, -0.2) is 49.2 Å². The third kappa shape index (κ3) is 8.24. The SMILES string of the molecule is CN=C(NCC1CCN(C(=O)OC(C)(C)C)CC1)NC(C)c1ccccc1.I. The summed E-state index contributed by atoms with van der Waals surface area (Å²) in [7, 11) is 1.79. The number of carbonyl (C=O) groups is 1. The lowest BCUT2D eigenvalue weighted by molar-refractivity contribution is 0.0185. The molecule has 1 fully saturated rings. The Bertz CT molecular complexity index is 623. The van der Waals surface area contributed by atoms with Crippen molar-refractivity contribution in [1.82, 2.24) is 15.5 Å². The van der Waals surface area contributed by atoms with Crippen LogP contribution in [0.15, 0.2) is 35.3 Å². The van der Waals surface area contributed by atoms with Gasteiger partial charge in [0.2, 0.25) is 0 Å². The summed E-state index contributed by atoms with van der Waals surface area (Å²) in [5.41, 5.74) is 0.787. The van der Waals surface area contributed by atoms with Crippen LogP contribution in [0.5, 0.6) is 0 Å². The Morgan fingerprint density at radius 2 is 1.86 bits per heavy atom. The number of guanidine groups is 1. The molecule has 1 unspecified atom stereocenters.